The normalized spacial score (nSPS) is 17.9. The van der Waals surface area contributed by atoms with Crippen LogP contribution in [0.5, 0.6) is 0 Å². The van der Waals surface area contributed by atoms with E-state index in [1.807, 2.05) is 6.08 Å². The Bertz CT molecular complexity index is 625. The van der Waals surface area contributed by atoms with Crippen LogP contribution in [0.2, 0.25) is 0 Å². The summed E-state index contributed by atoms with van der Waals surface area (Å²) in [7, 11) is 0. The van der Waals surface area contributed by atoms with E-state index in [4.69, 9.17) is 4.74 Å². The number of nitrogens with zero attached hydrogens (tertiary/aromatic N) is 4. The molecule has 3 rings (SSSR count). The first-order valence-corrected chi connectivity index (χ1v) is 5.52. The topological polar surface area (TPSA) is 81.4 Å². The fraction of sp³-hybridized carbons (Fsp3) is 0.273. The number of hydrogen-bond acceptors (Lipinski definition) is 5. The Morgan fingerprint density at radius 2 is 2.44 bits per heavy atom. The van der Waals surface area contributed by atoms with Crippen molar-refractivity contribution in [2.45, 2.75) is 19.4 Å². The summed E-state index contributed by atoms with van der Waals surface area (Å²) >= 11 is 0. The van der Waals surface area contributed by atoms with Crippen LogP contribution in [0, 0.1) is 0 Å². The smallest absolute Gasteiger partial charge is 0.234 e. The minimum atomic E-state index is -0.203. The number of aromatic nitrogens is 4. The third kappa shape index (κ3) is 1.69. The average molecular weight is 245 g/mol. The monoisotopic (exact) mass is 245 g/mol. The van der Waals surface area contributed by atoms with Gasteiger partial charge in [-0.25, -0.2) is 9.97 Å². The second kappa shape index (κ2) is 4.10. The molecule has 1 unspecified atom stereocenters. The summed E-state index contributed by atoms with van der Waals surface area (Å²) < 4.78 is 6.94. The lowest BCUT2D eigenvalue weighted by molar-refractivity contribution is -0.114. The minimum absolute atomic E-state index is 0.0671. The van der Waals surface area contributed by atoms with Crippen LogP contribution in [0.15, 0.2) is 24.9 Å². The maximum atomic E-state index is 11.1. The van der Waals surface area contributed by atoms with E-state index in [0.717, 1.165) is 12.0 Å². The molecule has 0 spiro atoms. The lowest BCUT2D eigenvalue weighted by Crippen LogP contribution is -2.12. The summed E-state index contributed by atoms with van der Waals surface area (Å²) in [5.41, 5.74) is 1.52. The number of carbonyl (C=O) groups excluding carboxylic acids is 1. The Balaban J connectivity index is 2.06. The van der Waals surface area contributed by atoms with Crippen molar-refractivity contribution in [2.75, 3.05) is 5.32 Å². The third-order valence-corrected chi connectivity index (χ3v) is 2.66. The highest BCUT2D eigenvalue weighted by Crippen LogP contribution is 2.29. The van der Waals surface area contributed by atoms with E-state index in [0.29, 0.717) is 11.6 Å². The number of nitrogens with one attached hydrogen (secondary N) is 1. The number of anilines is 1. The van der Waals surface area contributed by atoms with Gasteiger partial charge in [-0.05, 0) is 6.08 Å². The second-order valence-electron chi connectivity index (χ2n) is 3.95. The van der Waals surface area contributed by atoms with Gasteiger partial charge in [0.15, 0.2) is 5.65 Å². The Kier molecular flexibility index (Phi) is 2.44. The van der Waals surface area contributed by atoms with Crippen molar-refractivity contribution in [3.63, 3.8) is 0 Å². The second-order valence-corrected chi connectivity index (χ2v) is 3.95. The molecule has 1 aliphatic rings. The van der Waals surface area contributed by atoms with Gasteiger partial charge in [-0.15, -0.1) is 0 Å². The van der Waals surface area contributed by atoms with Crippen molar-refractivity contribution < 1.29 is 9.53 Å². The zero-order valence-electron chi connectivity index (χ0n) is 9.70. The SMILES string of the molecule is CC(=O)Nc1ncnc2c(C3CC=CO3)cnn12. The maximum Gasteiger partial charge on any atom is 0.234 e. The van der Waals surface area contributed by atoms with Gasteiger partial charge in [-0.1, -0.05) is 0 Å². The number of rotatable bonds is 2. The Hall–Kier alpha value is -2.44. The molecular formula is C11H11N5O2. The predicted molar refractivity (Wildman–Crippen MR) is 62.7 cm³/mol. The van der Waals surface area contributed by atoms with Gasteiger partial charge >= 0.3 is 0 Å². The van der Waals surface area contributed by atoms with Crippen molar-refractivity contribution in [3.8, 4) is 0 Å². The molecule has 18 heavy (non-hydrogen) atoms. The highest BCUT2D eigenvalue weighted by molar-refractivity contribution is 5.87. The molecule has 1 amide bonds. The molecule has 2 aromatic heterocycles. The van der Waals surface area contributed by atoms with E-state index in [9.17, 15) is 4.79 Å². The molecule has 0 saturated carbocycles. The molecule has 0 bridgehead atoms. The van der Waals surface area contributed by atoms with Crippen LogP contribution in [-0.2, 0) is 9.53 Å². The van der Waals surface area contributed by atoms with E-state index in [1.54, 1.807) is 12.5 Å². The fourth-order valence-corrected chi connectivity index (χ4v) is 1.89. The largest absolute Gasteiger partial charge is 0.493 e. The molecule has 7 heteroatoms. The molecule has 0 aliphatic carbocycles. The molecule has 0 aromatic carbocycles. The van der Waals surface area contributed by atoms with E-state index >= 15 is 0 Å². The number of ether oxygens (including phenoxy) is 1. The van der Waals surface area contributed by atoms with Gasteiger partial charge in [0.2, 0.25) is 11.9 Å². The summed E-state index contributed by atoms with van der Waals surface area (Å²) in [6.45, 7) is 1.42. The maximum absolute atomic E-state index is 11.1. The Morgan fingerprint density at radius 3 is 3.17 bits per heavy atom. The van der Waals surface area contributed by atoms with Gasteiger partial charge in [-0.2, -0.15) is 9.61 Å². The number of hydrogen-bond donors (Lipinski definition) is 1. The first-order valence-electron chi connectivity index (χ1n) is 5.52. The lowest BCUT2D eigenvalue weighted by Gasteiger charge is -2.08. The number of amides is 1. The first-order chi connectivity index (χ1) is 8.75. The van der Waals surface area contributed by atoms with Gasteiger partial charge in [-0.3, -0.25) is 10.1 Å². The molecule has 92 valence electrons. The molecule has 0 radical (unpaired) electrons. The molecule has 2 aromatic rings. The van der Waals surface area contributed by atoms with E-state index in [1.165, 1.54) is 17.8 Å². The van der Waals surface area contributed by atoms with Crippen LogP contribution in [0.1, 0.15) is 25.0 Å². The summed E-state index contributed by atoms with van der Waals surface area (Å²) in [5.74, 6) is 0.149. The van der Waals surface area contributed by atoms with Crippen LogP contribution in [-0.4, -0.2) is 25.5 Å². The molecule has 1 aliphatic heterocycles. The minimum Gasteiger partial charge on any atom is -0.493 e. The Morgan fingerprint density at radius 1 is 1.56 bits per heavy atom. The van der Waals surface area contributed by atoms with Crippen molar-refractivity contribution in [3.05, 3.63) is 30.4 Å². The number of carbonyl (C=O) groups is 1. The standard InChI is InChI=1S/C11H11N5O2/c1-7(17)15-11-13-6-12-10-8(5-14-16(10)11)9-3-2-4-18-9/h2,4-6,9H,3H2,1H3,(H,12,13,15,17). The highest BCUT2D eigenvalue weighted by atomic mass is 16.5. The van der Waals surface area contributed by atoms with E-state index in [-0.39, 0.29) is 12.0 Å². The molecule has 3 heterocycles. The van der Waals surface area contributed by atoms with Crippen LogP contribution >= 0.6 is 0 Å². The molecule has 1 atom stereocenters. The van der Waals surface area contributed by atoms with Gasteiger partial charge in [0.05, 0.1) is 18.0 Å². The highest BCUT2D eigenvalue weighted by Gasteiger charge is 2.21. The van der Waals surface area contributed by atoms with Gasteiger partial charge in [0, 0.05) is 13.3 Å². The molecular weight excluding hydrogens is 234 g/mol. The fourth-order valence-electron chi connectivity index (χ4n) is 1.89. The molecule has 7 nitrogen and oxygen atoms in total. The summed E-state index contributed by atoms with van der Waals surface area (Å²) in [6, 6.07) is 0. The zero-order chi connectivity index (χ0) is 12.5. The van der Waals surface area contributed by atoms with Crippen molar-refractivity contribution in [2.24, 2.45) is 0 Å². The van der Waals surface area contributed by atoms with E-state index < -0.39 is 0 Å². The predicted octanol–water partition coefficient (Wildman–Crippen LogP) is 1.06. The summed E-state index contributed by atoms with van der Waals surface area (Å²) in [4.78, 5) is 19.2. The molecule has 0 fully saturated rings. The van der Waals surface area contributed by atoms with E-state index in [2.05, 4.69) is 20.4 Å². The van der Waals surface area contributed by atoms with Crippen LogP contribution < -0.4 is 5.32 Å². The van der Waals surface area contributed by atoms with Crippen LogP contribution in [0.4, 0.5) is 5.95 Å². The average Bonchev–Trinajstić information content (AvgIpc) is 2.96. The van der Waals surface area contributed by atoms with Gasteiger partial charge in [0.1, 0.15) is 12.4 Å². The molecule has 1 N–H and O–H groups in total. The first kappa shape index (κ1) is 10.7. The van der Waals surface area contributed by atoms with Gasteiger partial charge in [0.25, 0.3) is 0 Å². The summed E-state index contributed by atoms with van der Waals surface area (Å²) in [6.07, 6.45) is 7.43. The summed E-state index contributed by atoms with van der Waals surface area (Å²) in [5, 5.41) is 6.79. The van der Waals surface area contributed by atoms with Crippen molar-refractivity contribution in [1.82, 2.24) is 19.6 Å². The molecule has 0 saturated heterocycles. The van der Waals surface area contributed by atoms with Gasteiger partial charge < -0.3 is 4.74 Å². The van der Waals surface area contributed by atoms with Crippen LogP contribution in [0.3, 0.4) is 0 Å². The third-order valence-electron chi connectivity index (χ3n) is 2.66. The van der Waals surface area contributed by atoms with Crippen molar-refractivity contribution in [1.29, 1.82) is 0 Å². The van der Waals surface area contributed by atoms with Crippen LogP contribution in [0.25, 0.3) is 5.65 Å². The quantitative estimate of drug-likeness (QED) is 0.855. The lowest BCUT2D eigenvalue weighted by atomic mass is 10.1. The van der Waals surface area contributed by atoms with Crippen molar-refractivity contribution >= 4 is 17.5 Å². The zero-order valence-corrected chi connectivity index (χ0v) is 9.70. The number of fused-ring (bicyclic) bond motifs is 1. The Labute approximate surface area is 102 Å².